The molecule has 0 radical (unpaired) electrons. The molecule has 0 saturated heterocycles. The molecule has 4 heteroatoms. The van der Waals surface area contributed by atoms with E-state index < -0.39 is 11.9 Å². The Morgan fingerprint density at radius 1 is 1.00 bits per heavy atom. The van der Waals surface area contributed by atoms with Gasteiger partial charge < -0.3 is 9.47 Å². The van der Waals surface area contributed by atoms with Crippen LogP contribution in [0.3, 0.4) is 0 Å². The Morgan fingerprint density at radius 2 is 1.67 bits per heavy atom. The number of carbonyl (C=O) groups is 2. The van der Waals surface area contributed by atoms with Crippen LogP contribution in [-0.2, 0) is 19.1 Å². The van der Waals surface area contributed by atoms with E-state index in [2.05, 4.69) is 6.92 Å². The van der Waals surface area contributed by atoms with Crippen LogP contribution in [-0.4, -0.2) is 25.2 Å². The summed E-state index contributed by atoms with van der Waals surface area (Å²) in [6, 6.07) is 0. The van der Waals surface area contributed by atoms with E-state index in [9.17, 15) is 9.59 Å². The van der Waals surface area contributed by atoms with Gasteiger partial charge >= 0.3 is 11.9 Å². The zero-order chi connectivity index (χ0) is 13.8. The quantitative estimate of drug-likeness (QED) is 0.289. The molecular formula is C14H22O4. The van der Waals surface area contributed by atoms with Gasteiger partial charge in [0.15, 0.2) is 0 Å². The molecule has 0 aliphatic rings. The Bertz CT molecular complexity index is 316. The van der Waals surface area contributed by atoms with Crippen LogP contribution in [0.4, 0.5) is 0 Å². The summed E-state index contributed by atoms with van der Waals surface area (Å²) < 4.78 is 9.67. The number of rotatable bonds is 8. The second kappa shape index (κ2) is 10.6. The van der Waals surface area contributed by atoms with E-state index in [4.69, 9.17) is 9.47 Å². The minimum Gasteiger partial charge on any atom is -0.463 e. The largest absolute Gasteiger partial charge is 0.463 e. The second-order valence-electron chi connectivity index (χ2n) is 3.61. The maximum Gasteiger partial charge on any atom is 0.337 e. The lowest BCUT2D eigenvalue weighted by Crippen LogP contribution is -2.07. The minimum absolute atomic E-state index is 0.317. The third kappa shape index (κ3) is 7.65. The predicted octanol–water partition coefficient (Wildman–Crippen LogP) is 2.79. The van der Waals surface area contributed by atoms with Crippen LogP contribution in [0.2, 0.25) is 0 Å². The molecule has 0 rings (SSSR count). The van der Waals surface area contributed by atoms with Gasteiger partial charge in [-0.15, -0.1) is 0 Å². The number of carbonyl (C=O) groups excluding carboxylic acids is 2. The van der Waals surface area contributed by atoms with Gasteiger partial charge in [-0.05, 0) is 26.3 Å². The van der Waals surface area contributed by atoms with Crippen molar-refractivity contribution >= 4 is 11.9 Å². The maximum atomic E-state index is 11.6. The molecule has 0 fully saturated rings. The fourth-order valence-corrected chi connectivity index (χ4v) is 1.24. The van der Waals surface area contributed by atoms with Gasteiger partial charge in [-0.3, -0.25) is 0 Å². The lowest BCUT2D eigenvalue weighted by atomic mass is 10.1. The third-order valence-electron chi connectivity index (χ3n) is 2.12. The highest BCUT2D eigenvalue weighted by Gasteiger charge is 2.07. The lowest BCUT2D eigenvalue weighted by Gasteiger charge is -2.02. The molecule has 4 nitrogen and oxygen atoms in total. The van der Waals surface area contributed by atoms with Crippen molar-refractivity contribution in [3.8, 4) is 0 Å². The third-order valence-corrected chi connectivity index (χ3v) is 2.12. The molecule has 0 bridgehead atoms. The molecule has 18 heavy (non-hydrogen) atoms. The normalized spacial score (nSPS) is 11.6. The van der Waals surface area contributed by atoms with E-state index in [1.54, 1.807) is 19.9 Å². The van der Waals surface area contributed by atoms with E-state index in [0.717, 1.165) is 19.3 Å². The first-order valence-electron chi connectivity index (χ1n) is 6.37. The van der Waals surface area contributed by atoms with Crippen LogP contribution < -0.4 is 0 Å². The fourth-order valence-electron chi connectivity index (χ4n) is 1.24. The van der Waals surface area contributed by atoms with E-state index in [1.807, 2.05) is 0 Å². The molecule has 0 spiro atoms. The van der Waals surface area contributed by atoms with Crippen LogP contribution in [0.15, 0.2) is 23.8 Å². The molecule has 0 aliphatic carbocycles. The Labute approximate surface area is 109 Å². The van der Waals surface area contributed by atoms with Gasteiger partial charge in [0.1, 0.15) is 0 Å². The average Bonchev–Trinajstić information content (AvgIpc) is 2.34. The second-order valence-corrected chi connectivity index (χ2v) is 3.61. The number of allylic oxidation sites excluding steroid dienone is 1. The smallest absolute Gasteiger partial charge is 0.337 e. The zero-order valence-electron chi connectivity index (χ0n) is 11.4. The first kappa shape index (κ1) is 16.4. The topological polar surface area (TPSA) is 52.6 Å². The van der Waals surface area contributed by atoms with Crippen LogP contribution in [0.25, 0.3) is 0 Å². The van der Waals surface area contributed by atoms with Gasteiger partial charge in [-0.1, -0.05) is 25.8 Å². The summed E-state index contributed by atoms with van der Waals surface area (Å²) in [5, 5.41) is 0. The monoisotopic (exact) mass is 254 g/mol. The van der Waals surface area contributed by atoms with Crippen LogP contribution in [0, 0.1) is 0 Å². The van der Waals surface area contributed by atoms with Crippen molar-refractivity contribution in [2.75, 3.05) is 13.2 Å². The van der Waals surface area contributed by atoms with Crippen molar-refractivity contribution in [3.63, 3.8) is 0 Å². The number of hydrogen-bond donors (Lipinski definition) is 0. The molecule has 0 aliphatic heterocycles. The van der Waals surface area contributed by atoms with Gasteiger partial charge in [0, 0.05) is 6.08 Å². The number of hydrogen-bond acceptors (Lipinski definition) is 4. The molecule has 0 atom stereocenters. The van der Waals surface area contributed by atoms with Gasteiger partial charge in [-0.2, -0.15) is 0 Å². The van der Waals surface area contributed by atoms with E-state index in [1.165, 1.54) is 12.2 Å². The highest BCUT2D eigenvalue weighted by atomic mass is 16.5. The molecule has 0 N–H and O–H groups in total. The average molecular weight is 254 g/mol. The molecule has 0 amide bonds. The molecular weight excluding hydrogens is 232 g/mol. The zero-order valence-corrected chi connectivity index (χ0v) is 11.4. The molecule has 102 valence electrons. The molecule has 0 heterocycles. The summed E-state index contributed by atoms with van der Waals surface area (Å²) in [5.41, 5.74) is 0.401. The van der Waals surface area contributed by atoms with Gasteiger partial charge in [0.25, 0.3) is 0 Å². The Kier molecular flexibility index (Phi) is 9.64. The van der Waals surface area contributed by atoms with Crippen molar-refractivity contribution < 1.29 is 19.1 Å². The Balaban J connectivity index is 4.60. The van der Waals surface area contributed by atoms with Crippen LogP contribution in [0.5, 0.6) is 0 Å². The molecule has 0 aromatic carbocycles. The Morgan fingerprint density at radius 3 is 2.22 bits per heavy atom. The van der Waals surface area contributed by atoms with Gasteiger partial charge in [0.05, 0.1) is 18.8 Å². The van der Waals surface area contributed by atoms with Crippen molar-refractivity contribution in [2.45, 2.75) is 40.0 Å². The van der Waals surface area contributed by atoms with Crippen molar-refractivity contribution in [2.24, 2.45) is 0 Å². The SMILES string of the molecule is CCCC/C=C(/C=C/C(=O)OCC)C(=O)OCC. The number of unbranched alkanes of at least 4 members (excludes halogenated alkanes) is 2. The standard InChI is InChI=1S/C14H22O4/c1-4-7-8-9-12(14(16)18-6-3)10-11-13(15)17-5-2/h9-11H,4-8H2,1-3H3/b11-10+,12-9-. The maximum absolute atomic E-state index is 11.6. The highest BCUT2D eigenvalue weighted by Crippen LogP contribution is 2.06. The van der Waals surface area contributed by atoms with Crippen LogP contribution in [0.1, 0.15) is 40.0 Å². The van der Waals surface area contributed by atoms with E-state index in [-0.39, 0.29) is 0 Å². The lowest BCUT2D eigenvalue weighted by molar-refractivity contribution is -0.138. The van der Waals surface area contributed by atoms with Crippen molar-refractivity contribution in [3.05, 3.63) is 23.8 Å². The van der Waals surface area contributed by atoms with E-state index >= 15 is 0 Å². The number of esters is 2. The summed E-state index contributed by atoms with van der Waals surface area (Å²) in [6.07, 6.45) is 7.32. The molecule has 0 aromatic rings. The summed E-state index contributed by atoms with van der Waals surface area (Å²) in [5.74, 6) is -0.864. The highest BCUT2D eigenvalue weighted by molar-refractivity contribution is 5.94. The minimum atomic E-state index is -0.455. The van der Waals surface area contributed by atoms with Gasteiger partial charge in [-0.25, -0.2) is 9.59 Å². The summed E-state index contributed by atoms with van der Waals surface area (Å²) in [6.45, 7) is 6.19. The Hall–Kier alpha value is -1.58. The summed E-state index contributed by atoms with van der Waals surface area (Å²) in [4.78, 5) is 22.8. The van der Waals surface area contributed by atoms with Gasteiger partial charge in [0.2, 0.25) is 0 Å². The fraction of sp³-hybridized carbons (Fsp3) is 0.571. The van der Waals surface area contributed by atoms with Crippen molar-refractivity contribution in [1.29, 1.82) is 0 Å². The molecule has 0 unspecified atom stereocenters. The van der Waals surface area contributed by atoms with Crippen molar-refractivity contribution in [1.82, 2.24) is 0 Å². The summed E-state index contributed by atoms with van der Waals surface area (Å²) in [7, 11) is 0. The first-order valence-corrected chi connectivity index (χ1v) is 6.37. The first-order chi connectivity index (χ1) is 8.65. The number of ether oxygens (including phenoxy) is 2. The molecule has 0 saturated carbocycles. The molecule has 0 aromatic heterocycles. The summed E-state index contributed by atoms with van der Waals surface area (Å²) >= 11 is 0. The predicted molar refractivity (Wildman–Crippen MR) is 70.0 cm³/mol. The van der Waals surface area contributed by atoms with E-state index in [0.29, 0.717) is 18.8 Å². The van der Waals surface area contributed by atoms with Crippen LogP contribution >= 0.6 is 0 Å².